The zero-order valence-electron chi connectivity index (χ0n) is 10.9. The molecule has 0 bridgehead atoms. The number of benzene rings is 1. The Morgan fingerprint density at radius 2 is 2.00 bits per heavy atom. The maximum Gasteiger partial charge on any atom is 0.261 e. The van der Waals surface area contributed by atoms with E-state index in [1.807, 2.05) is 0 Å². The highest BCUT2D eigenvalue weighted by atomic mass is 16.2. The van der Waals surface area contributed by atoms with Gasteiger partial charge in [-0.25, -0.2) is 4.52 Å². The molecule has 1 amide bonds. The largest absolute Gasteiger partial charge is 0.399 e. The number of nitrogen functional groups attached to an aromatic ring is 1. The first-order valence-electron chi connectivity index (χ1n) is 6.08. The Balaban J connectivity index is 1.97. The third kappa shape index (κ3) is 1.97. The summed E-state index contributed by atoms with van der Waals surface area (Å²) in [5.41, 5.74) is 8.27. The van der Waals surface area contributed by atoms with Crippen molar-refractivity contribution < 1.29 is 4.79 Å². The molecule has 0 atom stereocenters. The summed E-state index contributed by atoms with van der Waals surface area (Å²) >= 11 is 0. The van der Waals surface area contributed by atoms with Gasteiger partial charge < -0.3 is 10.6 Å². The molecule has 2 aromatic heterocycles. The van der Waals surface area contributed by atoms with Crippen molar-refractivity contribution in [1.29, 1.82) is 0 Å². The van der Waals surface area contributed by atoms with Crippen LogP contribution in [0.25, 0.3) is 5.52 Å². The zero-order valence-corrected chi connectivity index (χ0v) is 10.9. The fourth-order valence-corrected chi connectivity index (χ4v) is 2.00. The lowest BCUT2D eigenvalue weighted by Crippen LogP contribution is -2.26. The van der Waals surface area contributed by atoms with Crippen molar-refractivity contribution in [2.75, 3.05) is 17.7 Å². The van der Waals surface area contributed by atoms with Crippen molar-refractivity contribution >= 4 is 22.8 Å². The van der Waals surface area contributed by atoms with Gasteiger partial charge in [0.25, 0.3) is 5.91 Å². The van der Waals surface area contributed by atoms with E-state index in [4.69, 9.17) is 5.73 Å². The first kappa shape index (κ1) is 12.2. The van der Waals surface area contributed by atoms with Crippen LogP contribution in [0.5, 0.6) is 0 Å². The first-order chi connectivity index (χ1) is 9.66. The fourth-order valence-electron chi connectivity index (χ4n) is 2.00. The normalized spacial score (nSPS) is 10.7. The number of aromatic nitrogens is 3. The van der Waals surface area contributed by atoms with E-state index in [1.165, 1.54) is 0 Å². The van der Waals surface area contributed by atoms with E-state index in [1.54, 1.807) is 65.5 Å². The topological polar surface area (TPSA) is 76.5 Å². The van der Waals surface area contributed by atoms with Crippen LogP contribution in [0, 0.1) is 0 Å². The Bertz CT molecular complexity index is 763. The highest BCUT2D eigenvalue weighted by Gasteiger charge is 2.18. The molecule has 0 fully saturated rings. The minimum atomic E-state index is -0.141. The minimum Gasteiger partial charge on any atom is -0.399 e. The van der Waals surface area contributed by atoms with Crippen molar-refractivity contribution in [2.24, 2.45) is 0 Å². The summed E-state index contributed by atoms with van der Waals surface area (Å²) in [5.74, 6) is -0.141. The predicted octanol–water partition coefficient (Wildman–Crippen LogP) is 1.59. The number of nitrogens with zero attached hydrogens (tertiary/aromatic N) is 4. The van der Waals surface area contributed by atoms with Crippen LogP contribution in [0.15, 0.2) is 49.1 Å². The molecular weight excluding hydrogens is 254 g/mol. The number of amides is 1. The van der Waals surface area contributed by atoms with Gasteiger partial charge in [0.05, 0.1) is 23.5 Å². The molecule has 0 spiro atoms. The molecule has 1 aromatic carbocycles. The molecule has 0 unspecified atom stereocenters. The molecular formula is C14H13N5O. The molecule has 6 heteroatoms. The number of nitrogens with two attached hydrogens (primary N) is 1. The van der Waals surface area contributed by atoms with Crippen LogP contribution in [0.4, 0.5) is 11.4 Å². The van der Waals surface area contributed by atoms with Crippen LogP contribution in [-0.2, 0) is 0 Å². The summed E-state index contributed by atoms with van der Waals surface area (Å²) in [5, 5.41) is 4.14. The summed E-state index contributed by atoms with van der Waals surface area (Å²) in [4.78, 5) is 18.1. The number of hydrogen-bond acceptors (Lipinski definition) is 4. The summed E-state index contributed by atoms with van der Waals surface area (Å²) in [7, 11) is 1.72. The first-order valence-corrected chi connectivity index (χ1v) is 6.08. The standard InChI is InChI=1S/C14H13N5O/c1-18(11-4-2-10(15)3-5-11)14(20)12-8-17-19-7-6-16-9-13(12)19/h2-9H,15H2,1H3. The minimum absolute atomic E-state index is 0.141. The van der Waals surface area contributed by atoms with Gasteiger partial charge in [0.1, 0.15) is 0 Å². The van der Waals surface area contributed by atoms with Crippen molar-refractivity contribution in [1.82, 2.24) is 14.6 Å². The van der Waals surface area contributed by atoms with Crippen molar-refractivity contribution in [2.45, 2.75) is 0 Å². The zero-order chi connectivity index (χ0) is 14.1. The van der Waals surface area contributed by atoms with E-state index in [0.717, 1.165) is 5.69 Å². The van der Waals surface area contributed by atoms with E-state index in [9.17, 15) is 4.79 Å². The maximum absolute atomic E-state index is 12.5. The van der Waals surface area contributed by atoms with Crippen molar-refractivity contribution in [3.8, 4) is 0 Å². The maximum atomic E-state index is 12.5. The lowest BCUT2D eigenvalue weighted by atomic mass is 10.2. The van der Waals surface area contributed by atoms with Gasteiger partial charge in [-0.1, -0.05) is 0 Å². The molecule has 20 heavy (non-hydrogen) atoms. The number of fused-ring (bicyclic) bond motifs is 1. The van der Waals surface area contributed by atoms with E-state index >= 15 is 0 Å². The molecule has 0 saturated carbocycles. The average molecular weight is 267 g/mol. The summed E-state index contributed by atoms with van der Waals surface area (Å²) in [6.45, 7) is 0. The fraction of sp³-hybridized carbons (Fsp3) is 0.0714. The summed E-state index contributed by atoms with van der Waals surface area (Å²) < 4.78 is 1.62. The highest BCUT2D eigenvalue weighted by Crippen LogP contribution is 2.19. The molecule has 0 aliphatic heterocycles. The second-order valence-electron chi connectivity index (χ2n) is 4.42. The summed E-state index contributed by atoms with van der Waals surface area (Å²) in [6, 6.07) is 7.13. The van der Waals surface area contributed by atoms with E-state index < -0.39 is 0 Å². The SMILES string of the molecule is CN(C(=O)c1cnn2ccncc12)c1ccc(N)cc1. The van der Waals surface area contributed by atoms with Crippen molar-refractivity contribution in [3.63, 3.8) is 0 Å². The van der Waals surface area contributed by atoms with Gasteiger partial charge in [0, 0.05) is 30.8 Å². The third-order valence-corrected chi connectivity index (χ3v) is 3.14. The number of hydrogen-bond donors (Lipinski definition) is 1. The molecule has 2 N–H and O–H groups in total. The van der Waals surface area contributed by atoms with Crippen LogP contribution < -0.4 is 10.6 Å². The molecule has 100 valence electrons. The van der Waals surface area contributed by atoms with Gasteiger partial charge in [-0.15, -0.1) is 0 Å². The molecule has 0 radical (unpaired) electrons. The quantitative estimate of drug-likeness (QED) is 0.715. The smallest absolute Gasteiger partial charge is 0.261 e. The molecule has 0 aliphatic rings. The van der Waals surface area contributed by atoms with E-state index in [-0.39, 0.29) is 5.91 Å². The predicted molar refractivity (Wildman–Crippen MR) is 76.6 cm³/mol. The van der Waals surface area contributed by atoms with Crippen LogP contribution in [0.3, 0.4) is 0 Å². The van der Waals surface area contributed by atoms with E-state index in [2.05, 4.69) is 10.1 Å². The lowest BCUT2D eigenvalue weighted by molar-refractivity contribution is 0.0994. The van der Waals surface area contributed by atoms with Crippen molar-refractivity contribution in [3.05, 3.63) is 54.6 Å². The Morgan fingerprint density at radius 3 is 2.75 bits per heavy atom. The molecule has 3 aromatic rings. The molecule has 0 aliphatic carbocycles. The number of carbonyl (C=O) groups excluding carboxylic acids is 1. The average Bonchev–Trinajstić information content (AvgIpc) is 2.90. The Kier molecular flexibility index (Phi) is 2.83. The van der Waals surface area contributed by atoms with Crippen LogP contribution >= 0.6 is 0 Å². The third-order valence-electron chi connectivity index (χ3n) is 3.14. The monoisotopic (exact) mass is 267 g/mol. The van der Waals surface area contributed by atoms with Gasteiger partial charge in [0.15, 0.2) is 0 Å². The highest BCUT2D eigenvalue weighted by molar-refractivity contribution is 6.09. The van der Waals surface area contributed by atoms with Crippen LogP contribution in [-0.4, -0.2) is 27.6 Å². The van der Waals surface area contributed by atoms with Crippen LogP contribution in [0.2, 0.25) is 0 Å². The van der Waals surface area contributed by atoms with Gasteiger partial charge >= 0.3 is 0 Å². The number of carbonyl (C=O) groups is 1. The van der Waals surface area contributed by atoms with Gasteiger partial charge in [-0.2, -0.15) is 5.10 Å². The second-order valence-corrected chi connectivity index (χ2v) is 4.42. The van der Waals surface area contributed by atoms with E-state index in [0.29, 0.717) is 16.8 Å². The van der Waals surface area contributed by atoms with Gasteiger partial charge in [0.2, 0.25) is 0 Å². The van der Waals surface area contributed by atoms with Gasteiger partial charge in [-0.3, -0.25) is 9.78 Å². The number of rotatable bonds is 2. The Hall–Kier alpha value is -2.89. The molecule has 3 rings (SSSR count). The van der Waals surface area contributed by atoms with Crippen LogP contribution in [0.1, 0.15) is 10.4 Å². The Morgan fingerprint density at radius 1 is 1.25 bits per heavy atom. The second kappa shape index (κ2) is 4.65. The van der Waals surface area contributed by atoms with Gasteiger partial charge in [-0.05, 0) is 24.3 Å². The number of anilines is 2. The lowest BCUT2D eigenvalue weighted by Gasteiger charge is -2.16. The summed E-state index contributed by atoms with van der Waals surface area (Å²) in [6.07, 6.45) is 6.50. The Labute approximate surface area is 115 Å². The molecule has 6 nitrogen and oxygen atoms in total. The molecule has 2 heterocycles. The molecule has 0 saturated heterocycles.